The number of carbonyl (C=O) groups excluding carboxylic acids is 1. The number of thiocarbonyl (C=S) groups is 1. The number of amides is 1. The minimum absolute atomic E-state index is 0.232. The lowest BCUT2D eigenvalue weighted by Crippen LogP contribution is -2.56. The van der Waals surface area contributed by atoms with Gasteiger partial charge in [-0.2, -0.15) is 0 Å². The summed E-state index contributed by atoms with van der Waals surface area (Å²) in [6.07, 6.45) is -0.192. The molecule has 9 heteroatoms. The Morgan fingerprint density at radius 2 is 1.74 bits per heavy atom. The highest BCUT2D eigenvalue weighted by molar-refractivity contribution is 14.1. The lowest BCUT2D eigenvalue weighted by Gasteiger charge is -2.28. The van der Waals surface area contributed by atoms with Gasteiger partial charge in [-0.25, -0.2) is 0 Å². The summed E-state index contributed by atoms with van der Waals surface area (Å²) in [5, 5.41) is 8.86. The fourth-order valence-corrected chi connectivity index (χ4v) is 3.48. The molecular formula is C18H17Cl3IN3OS. The minimum Gasteiger partial charge on any atom is -0.339 e. The number of alkyl halides is 3. The molecule has 0 aliphatic carbocycles. The second kappa shape index (κ2) is 10.1. The van der Waals surface area contributed by atoms with Crippen LogP contribution in [0.5, 0.6) is 0 Å². The molecule has 3 N–H and O–H groups in total. The minimum atomic E-state index is -1.81. The van der Waals surface area contributed by atoms with Crippen LogP contribution in [-0.4, -0.2) is 21.0 Å². The summed E-state index contributed by atoms with van der Waals surface area (Å²) in [7, 11) is 0. The van der Waals surface area contributed by atoms with E-state index in [1.54, 1.807) is 12.1 Å². The van der Waals surface area contributed by atoms with Crippen molar-refractivity contribution in [1.82, 2.24) is 10.6 Å². The number of carbonyl (C=O) groups is 1. The Labute approximate surface area is 192 Å². The molecule has 0 saturated heterocycles. The van der Waals surface area contributed by atoms with Crippen molar-refractivity contribution in [2.24, 2.45) is 0 Å². The predicted molar refractivity (Wildman–Crippen MR) is 126 cm³/mol. The van der Waals surface area contributed by atoms with Crippen LogP contribution in [0, 0.1) is 3.57 Å². The van der Waals surface area contributed by atoms with Gasteiger partial charge < -0.3 is 16.0 Å². The molecule has 0 heterocycles. The fourth-order valence-electron chi connectivity index (χ4n) is 2.29. The number of para-hydroxylation sites is 1. The van der Waals surface area contributed by atoms with Gasteiger partial charge in [0.15, 0.2) is 5.11 Å². The van der Waals surface area contributed by atoms with Crippen molar-refractivity contribution >= 4 is 86.3 Å². The lowest BCUT2D eigenvalue weighted by molar-refractivity contribution is 0.0933. The van der Waals surface area contributed by atoms with E-state index in [1.807, 2.05) is 43.3 Å². The first-order chi connectivity index (χ1) is 12.7. The van der Waals surface area contributed by atoms with Gasteiger partial charge in [0, 0.05) is 9.26 Å². The quantitative estimate of drug-likeness (QED) is 0.203. The maximum atomic E-state index is 12.6. The third kappa shape index (κ3) is 6.64. The monoisotopic (exact) mass is 555 g/mol. The van der Waals surface area contributed by atoms with E-state index in [1.165, 1.54) is 0 Å². The summed E-state index contributed by atoms with van der Waals surface area (Å²) in [5.74, 6) is -0.374. The molecule has 2 aromatic carbocycles. The highest BCUT2D eigenvalue weighted by atomic mass is 127. The van der Waals surface area contributed by atoms with E-state index >= 15 is 0 Å². The zero-order valence-electron chi connectivity index (χ0n) is 14.2. The zero-order valence-corrected chi connectivity index (χ0v) is 19.5. The van der Waals surface area contributed by atoms with Crippen molar-refractivity contribution in [3.63, 3.8) is 0 Å². The normalized spacial score (nSPS) is 12.2. The molecule has 2 rings (SSSR count). The molecule has 2 aromatic rings. The smallest absolute Gasteiger partial charge is 0.254 e. The van der Waals surface area contributed by atoms with Gasteiger partial charge in [0.2, 0.25) is 3.79 Å². The summed E-state index contributed by atoms with van der Waals surface area (Å²) in [4.78, 5) is 12.6. The van der Waals surface area contributed by atoms with Crippen LogP contribution < -0.4 is 16.0 Å². The number of anilines is 1. The molecule has 0 aromatic heterocycles. The van der Waals surface area contributed by atoms with Crippen LogP contribution in [-0.2, 0) is 6.42 Å². The summed E-state index contributed by atoms with van der Waals surface area (Å²) in [5.41, 5.74) is 2.42. The van der Waals surface area contributed by atoms with Crippen LogP contribution in [0.2, 0.25) is 0 Å². The third-order valence-corrected chi connectivity index (χ3v) is 5.46. The van der Waals surface area contributed by atoms with Crippen molar-refractivity contribution in [3.05, 3.63) is 63.2 Å². The largest absolute Gasteiger partial charge is 0.339 e. The fraction of sp³-hybridized carbons (Fsp3) is 0.222. The molecule has 1 amide bonds. The topological polar surface area (TPSA) is 53.2 Å². The van der Waals surface area contributed by atoms with Crippen LogP contribution in [0.3, 0.4) is 0 Å². The number of halogens is 4. The Morgan fingerprint density at radius 1 is 1.11 bits per heavy atom. The van der Waals surface area contributed by atoms with E-state index in [4.69, 9.17) is 47.0 Å². The molecule has 0 aliphatic rings. The maximum absolute atomic E-state index is 12.6. The van der Waals surface area contributed by atoms with Gasteiger partial charge in [-0.1, -0.05) is 72.1 Å². The molecule has 4 nitrogen and oxygen atoms in total. The van der Waals surface area contributed by atoms with Crippen molar-refractivity contribution in [3.8, 4) is 0 Å². The standard InChI is InChI=1S/C18H17Cl3IN3OS/c1-2-11-7-3-6-10-14(11)23-17(27)25-16(18(19,20)21)24-15(26)12-8-4-5-9-13(12)22/h3-10,16H,2H2,1H3,(H,24,26)(H2,23,25,27). The first-order valence-corrected chi connectivity index (χ1v) is 10.6. The van der Waals surface area contributed by atoms with Crippen LogP contribution in [0.4, 0.5) is 5.69 Å². The van der Waals surface area contributed by atoms with E-state index in [0.29, 0.717) is 5.56 Å². The molecule has 27 heavy (non-hydrogen) atoms. The zero-order chi connectivity index (χ0) is 20.0. The molecule has 0 spiro atoms. The van der Waals surface area contributed by atoms with Gasteiger partial charge in [-0.15, -0.1) is 0 Å². The van der Waals surface area contributed by atoms with Crippen molar-refractivity contribution in [1.29, 1.82) is 0 Å². The number of hydrogen-bond acceptors (Lipinski definition) is 2. The number of benzene rings is 2. The molecule has 144 valence electrons. The van der Waals surface area contributed by atoms with Gasteiger partial charge in [0.1, 0.15) is 6.17 Å². The molecule has 1 unspecified atom stereocenters. The molecule has 0 fully saturated rings. The highest BCUT2D eigenvalue weighted by Crippen LogP contribution is 2.29. The summed E-state index contributed by atoms with van der Waals surface area (Å²) in [6.45, 7) is 2.04. The summed E-state index contributed by atoms with van der Waals surface area (Å²) >= 11 is 25.5. The van der Waals surface area contributed by atoms with E-state index in [-0.39, 0.29) is 11.0 Å². The van der Waals surface area contributed by atoms with Crippen LogP contribution in [0.1, 0.15) is 22.8 Å². The molecule has 0 bridgehead atoms. The average molecular weight is 557 g/mol. The molecular weight excluding hydrogens is 540 g/mol. The first-order valence-electron chi connectivity index (χ1n) is 8.00. The number of hydrogen-bond donors (Lipinski definition) is 3. The van der Waals surface area contributed by atoms with E-state index in [2.05, 4.69) is 38.5 Å². The van der Waals surface area contributed by atoms with Crippen LogP contribution >= 0.6 is 69.6 Å². The maximum Gasteiger partial charge on any atom is 0.254 e. The van der Waals surface area contributed by atoms with Crippen molar-refractivity contribution in [2.75, 3.05) is 5.32 Å². The van der Waals surface area contributed by atoms with Gasteiger partial charge in [-0.05, 0) is 65.0 Å². The Kier molecular flexibility index (Phi) is 8.42. The number of aryl methyl sites for hydroxylation is 1. The number of rotatable bonds is 5. The second-order valence-electron chi connectivity index (χ2n) is 5.54. The SMILES string of the molecule is CCc1ccccc1NC(=S)NC(NC(=O)c1ccccc1I)C(Cl)(Cl)Cl. The highest BCUT2D eigenvalue weighted by Gasteiger charge is 2.35. The van der Waals surface area contributed by atoms with Crippen molar-refractivity contribution < 1.29 is 4.79 Å². The molecule has 0 saturated carbocycles. The molecule has 1 atom stereocenters. The van der Waals surface area contributed by atoms with Gasteiger partial charge in [0.05, 0.1) is 5.56 Å². The van der Waals surface area contributed by atoms with Crippen molar-refractivity contribution in [2.45, 2.75) is 23.3 Å². The third-order valence-electron chi connectivity index (χ3n) is 3.64. The first kappa shape index (κ1) is 22.5. The van der Waals surface area contributed by atoms with Gasteiger partial charge in [0.25, 0.3) is 5.91 Å². The Hall–Kier alpha value is -0.800. The summed E-state index contributed by atoms with van der Waals surface area (Å²) in [6, 6.07) is 14.9. The van der Waals surface area contributed by atoms with E-state index < -0.39 is 9.96 Å². The average Bonchev–Trinajstić information content (AvgIpc) is 2.61. The van der Waals surface area contributed by atoms with E-state index in [9.17, 15) is 4.79 Å². The Bertz CT molecular complexity index is 829. The Morgan fingerprint density at radius 3 is 2.37 bits per heavy atom. The lowest BCUT2D eigenvalue weighted by atomic mass is 10.1. The van der Waals surface area contributed by atoms with Gasteiger partial charge >= 0.3 is 0 Å². The van der Waals surface area contributed by atoms with Gasteiger partial charge in [-0.3, -0.25) is 4.79 Å². The molecule has 0 aliphatic heterocycles. The van der Waals surface area contributed by atoms with E-state index in [0.717, 1.165) is 21.2 Å². The second-order valence-corrected chi connectivity index (χ2v) is 9.48. The Balaban J connectivity index is 2.12. The summed E-state index contributed by atoms with van der Waals surface area (Å²) < 4.78 is -1.03. The number of nitrogens with one attached hydrogen (secondary N) is 3. The molecule has 0 radical (unpaired) electrons. The van der Waals surface area contributed by atoms with Crippen LogP contribution in [0.15, 0.2) is 48.5 Å². The predicted octanol–water partition coefficient (Wildman–Crippen LogP) is 5.27. The van der Waals surface area contributed by atoms with Crippen LogP contribution in [0.25, 0.3) is 0 Å².